The van der Waals surface area contributed by atoms with Crippen LogP contribution in [0.4, 0.5) is 5.69 Å². The molecule has 1 aliphatic rings. The lowest BCUT2D eigenvalue weighted by Gasteiger charge is -2.36. The molecule has 4 nitrogen and oxygen atoms in total. The van der Waals surface area contributed by atoms with Gasteiger partial charge in [0, 0.05) is 42.3 Å². The van der Waals surface area contributed by atoms with Crippen LogP contribution in [0.2, 0.25) is 0 Å². The van der Waals surface area contributed by atoms with E-state index in [9.17, 15) is 0 Å². The summed E-state index contributed by atoms with van der Waals surface area (Å²) in [5, 5.41) is 3.52. The summed E-state index contributed by atoms with van der Waals surface area (Å²) in [5.41, 5.74) is 3.67. The molecule has 2 rings (SSSR count). The van der Waals surface area contributed by atoms with Gasteiger partial charge >= 0.3 is 0 Å². The van der Waals surface area contributed by atoms with E-state index in [2.05, 4.69) is 49.0 Å². The second kappa shape index (κ2) is 7.04. The normalized spacial score (nSPS) is 19.6. The van der Waals surface area contributed by atoms with E-state index in [-0.39, 0.29) is 0 Å². The van der Waals surface area contributed by atoms with E-state index in [4.69, 9.17) is 4.74 Å². The number of hydrogen-bond donors (Lipinski definition) is 1. The topological polar surface area (TPSA) is 37.4 Å². The molecule has 112 valence electrons. The fourth-order valence-electron chi connectivity index (χ4n) is 2.56. The van der Waals surface area contributed by atoms with Gasteiger partial charge in [-0.05, 0) is 32.4 Å². The molecule has 1 unspecified atom stereocenters. The highest BCUT2D eigenvalue weighted by molar-refractivity contribution is 5.54. The molecule has 0 bridgehead atoms. The molecule has 0 radical (unpaired) electrons. The molecule has 0 aromatic carbocycles. The van der Waals surface area contributed by atoms with Crippen LogP contribution in [0.15, 0.2) is 12.3 Å². The summed E-state index contributed by atoms with van der Waals surface area (Å²) >= 11 is 0. The number of ether oxygens (including phenoxy) is 1. The van der Waals surface area contributed by atoms with E-state index in [0.29, 0.717) is 12.0 Å². The van der Waals surface area contributed by atoms with Crippen molar-refractivity contribution in [2.24, 2.45) is 5.92 Å². The average Bonchev–Trinajstić information content (AvgIpc) is 2.41. The third kappa shape index (κ3) is 3.93. The van der Waals surface area contributed by atoms with Crippen molar-refractivity contribution in [3.63, 3.8) is 0 Å². The number of aromatic nitrogens is 1. The minimum atomic E-state index is 0.425. The Labute approximate surface area is 122 Å². The highest BCUT2D eigenvalue weighted by Gasteiger charge is 2.21. The fourth-order valence-corrected chi connectivity index (χ4v) is 2.56. The highest BCUT2D eigenvalue weighted by Crippen LogP contribution is 2.24. The second-order valence-electron chi connectivity index (χ2n) is 6.10. The molecular formula is C16H27N3O. The van der Waals surface area contributed by atoms with Gasteiger partial charge in [-0.2, -0.15) is 0 Å². The van der Waals surface area contributed by atoms with Crippen LogP contribution in [0.25, 0.3) is 0 Å². The Morgan fingerprint density at radius 2 is 2.30 bits per heavy atom. The largest absolute Gasteiger partial charge is 0.377 e. The van der Waals surface area contributed by atoms with Gasteiger partial charge in [-0.1, -0.05) is 13.8 Å². The Morgan fingerprint density at radius 1 is 1.50 bits per heavy atom. The molecule has 1 aromatic heterocycles. The van der Waals surface area contributed by atoms with Gasteiger partial charge in [0.05, 0.1) is 13.2 Å². The van der Waals surface area contributed by atoms with Crippen molar-refractivity contribution >= 4 is 5.69 Å². The molecule has 1 aromatic rings. The maximum Gasteiger partial charge on any atom is 0.0668 e. The maximum atomic E-state index is 5.54. The molecule has 1 atom stereocenters. The number of nitrogens with zero attached hydrogens (tertiary/aromatic N) is 2. The number of morpholine rings is 1. The number of nitrogens with one attached hydrogen (secondary N) is 1. The molecular weight excluding hydrogens is 250 g/mol. The van der Waals surface area contributed by atoms with Gasteiger partial charge in [0.25, 0.3) is 0 Å². The number of anilines is 1. The van der Waals surface area contributed by atoms with Crippen LogP contribution in [0, 0.1) is 12.8 Å². The van der Waals surface area contributed by atoms with Crippen LogP contribution in [-0.4, -0.2) is 37.3 Å². The molecule has 4 heteroatoms. The quantitative estimate of drug-likeness (QED) is 0.896. The lowest BCUT2D eigenvalue weighted by Crippen LogP contribution is -2.44. The van der Waals surface area contributed by atoms with Crippen LogP contribution in [0.3, 0.4) is 0 Å². The number of aryl methyl sites for hydroxylation is 1. The van der Waals surface area contributed by atoms with E-state index < -0.39 is 0 Å². The number of pyridine rings is 1. The SMILES string of the molecule is Cc1cc(N2CCOCC2C)c(CNCC(C)C)cn1. The van der Waals surface area contributed by atoms with Gasteiger partial charge in [0.15, 0.2) is 0 Å². The predicted molar refractivity (Wildman–Crippen MR) is 83.1 cm³/mol. The van der Waals surface area contributed by atoms with Crippen LogP contribution < -0.4 is 10.2 Å². The molecule has 2 heterocycles. The first-order valence-corrected chi connectivity index (χ1v) is 7.58. The molecule has 0 spiro atoms. The summed E-state index contributed by atoms with van der Waals surface area (Å²) in [5.74, 6) is 0.666. The summed E-state index contributed by atoms with van der Waals surface area (Å²) in [4.78, 5) is 6.91. The van der Waals surface area contributed by atoms with Crippen molar-refractivity contribution < 1.29 is 4.74 Å². The highest BCUT2D eigenvalue weighted by atomic mass is 16.5. The Hall–Kier alpha value is -1.13. The first kappa shape index (κ1) is 15.3. The van der Waals surface area contributed by atoms with Crippen molar-refractivity contribution in [1.29, 1.82) is 0 Å². The van der Waals surface area contributed by atoms with Gasteiger partial charge in [-0.15, -0.1) is 0 Å². The van der Waals surface area contributed by atoms with Crippen LogP contribution >= 0.6 is 0 Å². The standard InChI is InChI=1S/C16H27N3O/c1-12(2)8-17-9-15-10-18-13(3)7-16(15)19-5-6-20-11-14(19)4/h7,10,12,14,17H,5-6,8-9,11H2,1-4H3. The third-order valence-electron chi connectivity index (χ3n) is 3.64. The minimum absolute atomic E-state index is 0.425. The summed E-state index contributed by atoms with van der Waals surface area (Å²) < 4.78 is 5.54. The zero-order valence-electron chi connectivity index (χ0n) is 13.1. The molecule has 0 aliphatic carbocycles. The summed E-state index contributed by atoms with van der Waals surface area (Å²) in [7, 11) is 0. The molecule has 0 amide bonds. The van der Waals surface area contributed by atoms with Gasteiger partial charge in [0.2, 0.25) is 0 Å². The first-order chi connectivity index (χ1) is 9.58. The average molecular weight is 277 g/mol. The van der Waals surface area contributed by atoms with E-state index in [1.165, 1.54) is 11.3 Å². The van der Waals surface area contributed by atoms with Gasteiger partial charge in [-0.25, -0.2) is 0 Å². The molecule has 1 aliphatic heterocycles. The minimum Gasteiger partial charge on any atom is -0.377 e. The summed E-state index contributed by atoms with van der Waals surface area (Å²) in [6.45, 7) is 13.2. The van der Waals surface area contributed by atoms with Gasteiger partial charge in [0.1, 0.15) is 0 Å². The summed E-state index contributed by atoms with van der Waals surface area (Å²) in [6, 6.07) is 2.63. The Balaban J connectivity index is 2.14. The molecule has 1 N–H and O–H groups in total. The Kier molecular flexibility index (Phi) is 5.38. The zero-order valence-corrected chi connectivity index (χ0v) is 13.1. The third-order valence-corrected chi connectivity index (χ3v) is 3.64. The van der Waals surface area contributed by atoms with Gasteiger partial charge in [-0.3, -0.25) is 4.98 Å². The van der Waals surface area contributed by atoms with Crippen LogP contribution in [0.5, 0.6) is 0 Å². The maximum absolute atomic E-state index is 5.54. The Morgan fingerprint density at radius 3 is 3.00 bits per heavy atom. The van der Waals surface area contributed by atoms with E-state index in [1.54, 1.807) is 0 Å². The fraction of sp³-hybridized carbons (Fsp3) is 0.688. The predicted octanol–water partition coefficient (Wildman–Crippen LogP) is 2.36. The second-order valence-corrected chi connectivity index (χ2v) is 6.10. The van der Waals surface area contributed by atoms with Gasteiger partial charge < -0.3 is 15.0 Å². The van der Waals surface area contributed by atoms with Crippen molar-refractivity contribution in [1.82, 2.24) is 10.3 Å². The first-order valence-electron chi connectivity index (χ1n) is 7.58. The summed E-state index contributed by atoms with van der Waals surface area (Å²) in [6.07, 6.45) is 2.01. The lowest BCUT2D eigenvalue weighted by molar-refractivity contribution is 0.0988. The molecule has 20 heavy (non-hydrogen) atoms. The van der Waals surface area contributed by atoms with Crippen molar-refractivity contribution in [2.75, 3.05) is 31.2 Å². The molecule has 1 fully saturated rings. The number of hydrogen-bond acceptors (Lipinski definition) is 4. The smallest absolute Gasteiger partial charge is 0.0668 e. The van der Waals surface area contributed by atoms with E-state index in [1.807, 2.05) is 6.20 Å². The molecule has 1 saturated heterocycles. The van der Waals surface area contributed by atoms with E-state index >= 15 is 0 Å². The van der Waals surface area contributed by atoms with Crippen molar-refractivity contribution in [3.05, 3.63) is 23.5 Å². The monoisotopic (exact) mass is 277 g/mol. The zero-order chi connectivity index (χ0) is 14.5. The molecule has 0 saturated carbocycles. The van der Waals surface area contributed by atoms with E-state index in [0.717, 1.165) is 38.5 Å². The lowest BCUT2D eigenvalue weighted by atomic mass is 10.1. The van der Waals surface area contributed by atoms with Crippen molar-refractivity contribution in [3.8, 4) is 0 Å². The Bertz CT molecular complexity index is 434. The van der Waals surface area contributed by atoms with Crippen molar-refractivity contribution in [2.45, 2.75) is 40.3 Å². The van der Waals surface area contributed by atoms with Crippen LogP contribution in [0.1, 0.15) is 32.0 Å². The van der Waals surface area contributed by atoms with Crippen LogP contribution in [-0.2, 0) is 11.3 Å². The number of rotatable bonds is 5.